The van der Waals surface area contributed by atoms with Gasteiger partial charge in [0.15, 0.2) is 0 Å². The Morgan fingerprint density at radius 3 is 2.50 bits per heavy atom. The first-order valence-electron chi connectivity index (χ1n) is 7.74. The van der Waals surface area contributed by atoms with Crippen LogP contribution in [0.2, 0.25) is 0 Å². The van der Waals surface area contributed by atoms with Crippen molar-refractivity contribution >= 4 is 11.8 Å². The predicted octanol–water partition coefficient (Wildman–Crippen LogP) is 3.88. The molecule has 0 spiro atoms. The van der Waals surface area contributed by atoms with Crippen LogP contribution in [-0.4, -0.2) is 35.7 Å². The third kappa shape index (κ3) is 4.61. The number of ether oxygens (including phenoxy) is 1. The van der Waals surface area contributed by atoms with Crippen LogP contribution in [0.3, 0.4) is 0 Å². The molecule has 1 heterocycles. The highest BCUT2D eigenvalue weighted by atomic mass is 19.1. The predicted molar refractivity (Wildman–Crippen MR) is 85.4 cm³/mol. The maximum atomic E-state index is 12.9. The largest absolute Gasteiger partial charge is 0.444 e. The molecule has 4 nitrogen and oxygen atoms in total. The second-order valence-corrected chi connectivity index (χ2v) is 6.95. The lowest BCUT2D eigenvalue weighted by Gasteiger charge is -2.38. The highest BCUT2D eigenvalue weighted by Crippen LogP contribution is 2.23. The average molecular weight is 308 g/mol. The third-order valence-electron chi connectivity index (χ3n) is 3.75. The Morgan fingerprint density at radius 2 is 1.95 bits per heavy atom. The van der Waals surface area contributed by atoms with Gasteiger partial charge >= 0.3 is 6.09 Å². The number of halogens is 1. The molecule has 1 saturated heterocycles. The van der Waals surface area contributed by atoms with Gasteiger partial charge in [0.2, 0.25) is 0 Å². The van der Waals surface area contributed by atoms with Crippen molar-refractivity contribution < 1.29 is 13.9 Å². The molecule has 1 N–H and O–H groups in total. The molecule has 2 atom stereocenters. The van der Waals surface area contributed by atoms with Crippen LogP contribution < -0.4 is 5.32 Å². The van der Waals surface area contributed by atoms with Gasteiger partial charge in [-0.15, -0.1) is 0 Å². The van der Waals surface area contributed by atoms with Crippen LogP contribution in [0, 0.1) is 11.7 Å². The van der Waals surface area contributed by atoms with E-state index in [-0.39, 0.29) is 18.0 Å². The lowest BCUT2D eigenvalue weighted by molar-refractivity contribution is 0.0165. The van der Waals surface area contributed by atoms with Crippen LogP contribution in [0.5, 0.6) is 0 Å². The zero-order chi connectivity index (χ0) is 16.3. The first-order chi connectivity index (χ1) is 10.2. The van der Waals surface area contributed by atoms with Crippen molar-refractivity contribution in [3.05, 3.63) is 30.1 Å². The van der Waals surface area contributed by atoms with Crippen LogP contribution in [0.25, 0.3) is 0 Å². The number of nitrogens with zero attached hydrogens (tertiary/aromatic N) is 1. The molecule has 1 amide bonds. The molecule has 0 radical (unpaired) electrons. The number of anilines is 1. The number of likely N-dealkylation sites (tertiary alicyclic amines) is 1. The van der Waals surface area contributed by atoms with Crippen LogP contribution in [0.4, 0.5) is 14.9 Å². The standard InChI is InChI=1S/C17H25FN2O2/c1-12-11-20(16(21)22-17(2,3)4)10-9-15(12)19-14-7-5-13(18)6-8-14/h5-8,12,15,19H,9-11H2,1-4H3/t12-,15+/m0/s1. The Labute approximate surface area is 131 Å². The number of carbonyl (C=O) groups is 1. The Balaban J connectivity index is 1.90. The van der Waals surface area contributed by atoms with Crippen molar-refractivity contribution in [3.63, 3.8) is 0 Å². The fraction of sp³-hybridized carbons (Fsp3) is 0.588. The molecule has 0 bridgehead atoms. The van der Waals surface area contributed by atoms with Gasteiger partial charge in [-0.25, -0.2) is 9.18 Å². The summed E-state index contributed by atoms with van der Waals surface area (Å²) in [5.74, 6) is 0.0599. The first-order valence-corrected chi connectivity index (χ1v) is 7.74. The molecule has 1 fully saturated rings. The van der Waals surface area contributed by atoms with Gasteiger partial charge in [0.25, 0.3) is 0 Å². The van der Waals surface area contributed by atoms with E-state index in [2.05, 4.69) is 12.2 Å². The van der Waals surface area contributed by atoms with Crippen LogP contribution in [-0.2, 0) is 4.74 Å². The van der Waals surface area contributed by atoms with Crippen molar-refractivity contribution in [3.8, 4) is 0 Å². The SMILES string of the molecule is C[C@H]1CN(C(=O)OC(C)(C)C)CC[C@H]1Nc1ccc(F)cc1. The van der Waals surface area contributed by atoms with Gasteiger partial charge < -0.3 is 15.0 Å². The number of hydrogen-bond donors (Lipinski definition) is 1. The molecule has 1 aliphatic heterocycles. The minimum absolute atomic E-state index is 0.238. The van der Waals surface area contributed by atoms with Crippen molar-refractivity contribution in [2.45, 2.75) is 45.8 Å². The topological polar surface area (TPSA) is 41.6 Å². The van der Waals surface area contributed by atoms with E-state index in [1.165, 1.54) is 12.1 Å². The summed E-state index contributed by atoms with van der Waals surface area (Å²) in [6.07, 6.45) is 0.595. The average Bonchev–Trinajstić information content (AvgIpc) is 2.41. The van der Waals surface area contributed by atoms with E-state index >= 15 is 0 Å². The van der Waals surface area contributed by atoms with Gasteiger partial charge in [0.05, 0.1) is 0 Å². The lowest BCUT2D eigenvalue weighted by Crippen LogP contribution is -2.48. The summed E-state index contributed by atoms with van der Waals surface area (Å²) < 4.78 is 18.3. The smallest absolute Gasteiger partial charge is 0.410 e. The molecular weight excluding hydrogens is 283 g/mol. The molecular formula is C17H25FN2O2. The van der Waals surface area contributed by atoms with E-state index in [4.69, 9.17) is 4.74 Å². The van der Waals surface area contributed by atoms with Gasteiger partial charge in [-0.1, -0.05) is 6.92 Å². The van der Waals surface area contributed by atoms with E-state index in [1.54, 1.807) is 17.0 Å². The van der Waals surface area contributed by atoms with E-state index in [0.717, 1.165) is 12.1 Å². The van der Waals surface area contributed by atoms with Crippen LogP contribution in [0.15, 0.2) is 24.3 Å². The second kappa shape index (κ2) is 6.55. The van der Waals surface area contributed by atoms with Gasteiger partial charge in [-0.05, 0) is 57.4 Å². The number of benzene rings is 1. The zero-order valence-corrected chi connectivity index (χ0v) is 13.7. The van der Waals surface area contributed by atoms with Gasteiger partial charge in [0, 0.05) is 24.8 Å². The maximum Gasteiger partial charge on any atom is 0.410 e. The number of piperidine rings is 1. The number of carbonyl (C=O) groups excluding carboxylic acids is 1. The molecule has 0 unspecified atom stereocenters. The summed E-state index contributed by atoms with van der Waals surface area (Å²) in [4.78, 5) is 13.9. The minimum atomic E-state index is -0.469. The third-order valence-corrected chi connectivity index (χ3v) is 3.75. The van der Waals surface area contributed by atoms with Crippen LogP contribution >= 0.6 is 0 Å². The Kier molecular flexibility index (Phi) is 4.94. The van der Waals surface area contributed by atoms with Gasteiger partial charge in [-0.3, -0.25) is 0 Å². The van der Waals surface area contributed by atoms with Crippen molar-refractivity contribution in [2.75, 3.05) is 18.4 Å². The summed E-state index contributed by atoms with van der Waals surface area (Å²) in [6, 6.07) is 6.64. The monoisotopic (exact) mass is 308 g/mol. The summed E-state index contributed by atoms with van der Waals surface area (Å²) in [7, 11) is 0. The number of rotatable bonds is 2. The fourth-order valence-electron chi connectivity index (χ4n) is 2.61. The normalized spacial score (nSPS) is 22.3. The lowest BCUT2D eigenvalue weighted by atomic mass is 9.94. The maximum absolute atomic E-state index is 12.9. The molecule has 5 heteroatoms. The molecule has 0 aromatic heterocycles. The van der Waals surface area contributed by atoms with E-state index in [0.29, 0.717) is 19.0 Å². The summed E-state index contributed by atoms with van der Waals surface area (Å²) in [5, 5.41) is 3.42. The molecule has 1 aromatic rings. The van der Waals surface area contributed by atoms with E-state index < -0.39 is 5.60 Å². The quantitative estimate of drug-likeness (QED) is 0.901. The molecule has 22 heavy (non-hydrogen) atoms. The Morgan fingerprint density at radius 1 is 1.32 bits per heavy atom. The van der Waals surface area contributed by atoms with Crippen LogP contribution in [0.1, 0.15) is 34.1 Å². The summed E-state index contributed by atoms with van der Waals surface area (Å²) in [6.45, 7) is 9.05. The zero-order valence-electron chi connectivity index (χ0n) is 13.7. The number of hydrogen-bond acceptors (Lipinski definition) is 3. The summed E-state index contributed by atoms with van der Waals surface area (Å²) >= 11 is 0. The summed E-state index contributed by atoms with van der Waals surface area (Å²) in [5.41, 5.74) is 0.438. The first kappa shape index (κ1) is 16.6. The van der Waals surface area contributed by atoms with Crippen molar-refractivity contribution in [2.24, 2.45) is 5.92 Å². The molecule has 1 aromatic carbocycles. The number of nitrogens with one attached hydrogen (secondary N) is 1. The molecule has 2 rings (SSSR count). The molecule has 122 valence electrons. The molecule has 1 aliphatic rings. The molecule has 0 aliphatic carbocycles. The number of amides is 1. The van der Waals surface area contributed by atoms with Crippen molar-refractivity contribution in [1.82, 2.24) is 4.90 Å². The van der Waals surface area contributed by atoms with E-state index in [9.17, 15) is 9.18 Å². The van der Waals surface area contributed by atoms with Crippen molar-refractivity contribution in [1.29, 1.82) is 0 Å². The Bertz CT molecular complexity index is 510. The molecule has 0 saturated carbocycles. The Hall–Kier alpha value is -1.78. The van der Waals surface area contributed by atoms with E-state index in [1.807, 2.05) is 20.8 Å². The second-order valence-electron chi connectivity index (χ2n) is 6.95. The fourth-order valence-corrected chi connectivity index (χ4v) is 2.61. The van der Waals surface area contributed by atoms with Gasteiger partial charge in [-0.2, -0.15) is 0 Å². The highest BCUT2D eigenvalue weighted by Gasteiger charge is 2.31. The minimum Gasteiger partial charge on any atom is -0.444 e. The van der Waals surface area contributed by atoms with Gasteiger partial charge in [0.1, 0.15) is 11.4 Å². The highest BCUT2D eigenvalue weighted by molar-refractivity contribution is 5.68.